The Hall–Kier alpha value is -1.36. The standard InChI is InChI=1S/C26H27I2N3O/c1-18-2-6-21(7-3-18)30-12-10-29(11-13-30)16-22(32)17-31-25-8-4-19(27)14-23(25)24-15-20(28)5-9-26(24)31/h2-9,14-15,22,32H,10-13,16-17H2,1H3/t22-/m1/s1. The van der Waals surface area contributed by atoms with Gasteiger partial charge in [0, 0.05) is 67.4 Å². The van der Waals surface area contributed by atoms with E-state index in [0.29, 0.717) is 13.1 Å². The Morgan fingerprint density at radius 1 is 0.781 bits per heavy atom. The first-order valence-electron chi connectivity index (χ1n) is 11.1. The molecule has 1 N–H and O–H groups in total. The topological polar surface area (TPSA) is 31.6 Å². The lowest BCUT2D eigenvalue weighted by molar-refractivity contribution is 0.0969. The Morgan fingerprint density at radius 2 is 1.34 bits per heavy atom. The summed E-state index contributed by atoms with van der Waals surface area (Å²) in [6.07, 6.45) is -0.404. The lowest BCUT2D eigenvalue weighted by Gasteiger charge is -2.37. The molecule has 3 aromatic carbocycles. The second-order valence-electron chi connectivity index (χ2n) is 8.71. The van der Waals surface area contributed by atoms with Gasteiger partial charge in [-0.15, -0.1) is 0 Å². The van der Waals surface area contributed by atoms with E-state index in [1.54, 1.807) is 0 Å². The number of aliphatic hydroxyl groups excluding tert-OH is 1. The molecule has 0 bridgehead atoms. The molecule has 32 heavy (non-hydrogen) atoms. The van der Waals surface area contributed by atoms with Gasteiger partial charge in [-0.1, -0.05) is 17.7 Å². The van der Waals surface area contributed by atoms with Gasteiger partial charge in [-0.05, 0) is 101 Å². The number of benzene rings is 3. The first kappa shape index (κ1) is 22.4. The number of hydrogen-bond donors (Lipinski definition) is 1. The summed E-state index contributed by atoms with van der Waals surface area (Å²) in [5, 5.41) is 13.6. The normalized spacial score (nSPS) is 16.2. The van der Waals surface area contributed by atoms with Crippen LogP contribution in [0, 0.1) is 14.1 Å². The van der Waals surface area contributed by atoms with Crippen molar-refractivity contribution in [2.45, 2.75) is 19.6 Å². The molecular formula is C26H27I2N3O. The largest absolute Gasteiger partial charge is 0.390 e. The van der Waals surface area contributed by atoms with E-state index in [2.05, 4.69) is 127 Å². The molecule has 166 valence electrons. The zero-order chi connectivity index (χ0) is 22.2. The third-order valence-corrected chi connectivity index (χ3v) is 7.76. The Kier molecular flexibility index (Phi) is 6.65. The highest BCUT2D eigenvalue weighted by molar-refractivity contribution is 14.1. The maximum absolute atomic E-state index is 11.0. The molecule has 4 nitrogen and oxygen atoms in total. The highest BCUT2D eigenvalue weighted by atomic mass is 127. The van der Waals surface area contributed by atoms with Crippen LogP contribution in [-0.2, 0) is 6.54 Å². The van der Waals surface area contributed by atoms with Gasteiger partial charge in [0.1, 0.15) is 0 Å². The second kappa shape index (κ2) is 9.48. The van der Waals surface area contributed by atoms with E-state index in [4.69, 9.17) is 0 Å². The lowest BCUT2D eigenvalue weighted by Crippen LogP contribution is -2.49. The van der Waals surface area contributed by atoms with E-state index in [9.17, 15) is 5.11 Å². The van der Waals surface area contributed by atoms with E-state index >= 15 is 0 Å². The van der Waals surface area contributed by atoms with Crippen LogP contribution in [0.5, 0.6) is 0 Å². The average Bonchev–Trinajstić information content (AvgIpc) is 3.07. The van der Waals surface area contributed by atoms with Gasteiger partial charge in [0.2, 0.25) is 0 Å². The quantitative estimate of drug-likeness (QED) is 0.290. The number of piperazine rings is 1. The van der Waals surface area contributed by atoms with Crippen molar-refractivity contribution in [2.75, 3.05) is 37.6 Å². The van der Waals surface area contributed by atoms with Crippen LogP contribution in [0.2, 0.25) is 0 Å². The highest BCUT2D eigenvalue weighted by Crippen LogP contribution is 2.31. The molecule has 0 spiro atoms. The average molecular weight is 651 g/mol. The number of nitrogens with zero attached hydrogens (tertiary/aromatic N) is 3. The van der Waals surface area contributed by atoms with Crippen LogP contribution >= 0.6 is 45.2 Å². The van der Waals surface area contributed by atoms with Crippen molar-refractivity contribution in [1.29, 1.82) is 0 Å². The zero-order valence-electron chi connectivity index (χ0n) is 18.1. The second-order valence-corrected chi connectivity index (χ2v) is 11.2. The maximum Gasteiger partial charge on any atom is 0.0845 e. The first-order chi connectivity index (χ1) is 15.5. The fourth-order valence-corrected chi connectivity index (χ4v) is 5.74. The van der Waals surface area contributed by atoms with Crippen LogP contribution in [0.3, 0.4) is 0 Å². The summed E-state index contributed by atoms with van der Waals surface area (Å²) < 4.78 is 4.77. The van der Waals surface area contributed by atoms with Crippen molar-refractivity contribution in [1.82, 2.24) is 9.47 Å². The van der Waals surface area contributed by atoms with Crippen molar-refractivity contribution >= 4 is 72.7 Å². The molecule has 1 aliphatic rings. The van der Waals surface area contributed by atoms with Crippen LogP contribution in [0.1, 0.15) is 5.56 Å². The summed E-state index contributed by atoms with van der Waals surface area (Å²) in [5.41, 5.74) is 4.99. The number of rotatable bonds is 5. The van der Waals surface area contributed by atoms with Gasteiger partial charge in [0.15, 0.2) is 0 Å². The van der Waals surface area contributed by atoms with Gasteiger partial charge >= 0.3 is 0 Å². The molecule has 0 saturated carbocycles. The minimum absolute atomic E-state index is 0.404. The minimum Gasteiger partial charge on any atom is -0.390 e. The van der Waals surface area contributed by atoms with Crippen molar-refractivity contribution in [2.24, 2.45) is 0 Å². The van der Waals surface area contributed by atoms with Crippen LogP contribution in [-0.4, -0.2) is 53.4 Å². The molecule has 2 heterocycles. The molecule has 1 aliphatic heterocycles. The predicted molar refractivity (Wildman–Crippen MR) is 151 cm³/mol. The molecular weight excluding hydrogens is 624 g/mol. The number of fused-ring (bicyclic) bond motifs is 3. The number of aryl methyl sites for hydroxylation is 1. The van der Waals surface area contributed by atoms with Crippen molar-refractivity contribution < 1.29 is 5.11 Å². The Bertz CT molecular complexity index is 1180. The lowest BCUT2D eigenvalue weighted by atomic mass is 10.2. The fraction of sp³-hybridized carbons (Fsp3) is 0.308. The van der Waals surface area contributed by atoms with E-state index < -0.39 is 6.10 Å². The minimum atomic E-state index is -0.404. The van der Waals surface area contributed by atoms with Crippen LogP contribution in [0.25, 0.3) is 21.8 Å². The number of aromatic nitrogens is 1. The van der Waals surface area contributed by atoms with E-state index in [1.165, 1.54) is 40.2 Å². The van der Waals surface area contributed by atoms with Gasteiger partial charge in [0.05, 0.1) is 12.6 Å². The molecule has 1 atom stereocenters. The molecule has 1 fully saturated rings. The van der Waals surface area contributed by atoms with Crippen LogP contribution in [0.4, 0.5) is 5.69 Å². The summed E-state index contributed by atoms with van der Waals surface area (Å²) in [6, 6.07) is 22.0. The fourth-order valence-electron chi connectivity index (χ4n) is 4.76. The van der Waals surface area contributed by atoms with E-state index in [1.807, 2.05) is 0 Å². The Morgan fingerprint density at radius 3 is 1.91 bits per heavy atom. The van der Waals surface area contributed by atoms with E-state index in [0.717, 1.165) is 26.2 Å². The Balaban J connectivity index is 1.29. The van der Waals surface area contributed by atoms with Crippen molar-refractivity contribution in [3.63, 3.8) is 0 Å². The van der Waals surface area contributed by atoms with Gasteiger partial charge in [-0.25, -0.2) is 0 Å². The van der Waals surface area contributed by atoms with Crippen molar-refractivity contribution in [3.8, 4) is 0 Å². The van der Waals surface area contributed by atoms with E-state index in [-0.39, 0.29) is 0 Å². The van der Waals surface area contributed by atoms with Crippen LogP contribution < -0.4 is 4.90 Å². The molecule has 6 heteroatoms. The summed E-state index contributed by atoms with van der Waals surface area (Å²) in [4.78, 5) is 4.84. The molecule has 0 aliphatic carbocycles. The Labute approximate surface area is 216 Å². The molecule has 1 aromatic heterocycles. The molecule has 5 rings (SSSR count). The van der Waals surface area contributed by atoms with Gasteiger partial charge < -0.3 is 14.6 Å². The summed E-state index contributed by atoms with van der Waals surface area (Å²) in [7, 11) is 0. The van der Waals surface area contributed by atoms with Gasteiger partial charge in [-0.2, -0.15) is 0 Å². The summed E-state index contributed by atoms with van der Waals surface area (Å²) in [6.45, 7) is 7.41. The number of β-amino-alcohol motifs (C(OH)–C–C–N with tert-alkyl or cyclic N) is 1. The van der Waals surface area contributed by atoms with Gasteiger partial charge in [0.25, 0.3) is 0 Å². The predicted octanol–water partition coefficient (Wildman–Crippen LogP) is 5.50. The highest BCUT2D eigenvalue weighted by Gasteiger charge is 2.21. The molecule has 4 aromatic rings. The summed E-state index contributed by atoms with van der Waals surface area (Å²) in [5.74, 6) is 0. The molecule has 0 amide bonds. The SMILES string of the molecule is Cc1ccc(N2CCN(C[C@@H](O)Cn3c4ccc(I)cc4c4cc(I)ccc43)CC2)cc1. The van der Waals surface area contributed by atoms with Gasteiger partial charge in [-0.3, -0.25) is 4.90 Å². The number of hydrogen-bond acceptors (Lipinski definition) is 3. The first-order valence-corrected chi connectivity index (χ1v) is 13.2. The van der Waals surface area contributed by atoms with Crippen molar-refractivity contribution in [3.05, 3.63) is 73.4 Å². The smallest absolute Gasteiger partial charge is 0.0845 e. The number of anilines is 1. The third kappa shape index (κ3) is 4.64. The molecule has 1 saturated heterocycles. The van der Waals surface area contributed by atoms with Crippen LogP contribution in [0.15, 0.2) is 60.7 Å². The number of halogens is 2. The summed E-state index contributed by atoms with van der Waals surface area (Å²) >= 11 is 4.75. The molecule has 0 unspecified atom stereocenters. The third-order valence-electron chi connectivity index (χ3n) is 6.42. The zero-order valence-corrected chi connectivity index (χ0v) is 22.5. The number of aliphatic hydroxyl groups is 1. The monoisotopic (exact) mass is 651 g/mol. The maximum atomic E-state index is 11.0. The molecule has 0 radical (unpaired) electrons.